The summed E-state index contributed by atoms with van der Waals surface area (Å²) in [5.74, 6) is 0.174. The Bertz CT molecular complexity index is 383. The van der Waals surface area contributed by atoms with Crippen LogP contribution >= 0.6 is 0 Å². The van der Waals surface area contributed by atoms with Crippen molar-refractivity contribution in [2.24, 2.45) is 5.11 Å². The summed E-state index contributed by atoms with van der Waals surface area (Å²) in [4.78, 5) is 13.7. The van der Waals surface area contributed by atoms with Crippen molar-refractivity contribution in [2.45, 2.75) is 32.2 Å². The van der Waals surface area contributed by atoms with Gasteiger partial charge in [0.1, 0.15) is 5.78 Å². The second-order valence-electron chi connectivity index (χ2n) is 3.73. The van der Waals surface area contributed by atoms with Crippen LogP contribution < -0.4 is 0 Å². The molecule has 0 aromatic heterocycles. The van der Waals surface area contributed by atoms with Gasteiger partial charge in [-0.15, -0.1) is 0 Å². The lowest BCUT2D eigenvalue weighted by molar-refractivity contribution is -0.117. The molecule has 0 spiro atoms. The van der Waals surface area contributed by atoms with Gasteiger partial charge in [0.15, 0.2) is 0 Å². The molecule has 1 aromatic rings. The number of benzene rings is 1. The van der Waals surface area contributed by atoms with E-state index in [9.17, 15) is 4.79 Å². The molecule has 0 aliphatic rings. The van der Waals surface area contributed by atoms with Crippen LogP contribution in [0.2, 0.25) is 0 Å². The highest BCUT2D eigenvalue weighted by molar-refractivity contribution is 5.75. The number of hydrogen-bond acceptors (Lipinski definition) is 2. The van der Waals surface area contributed by atoms with E-state index in [1.165, 1.54) is 0 Å². The van der Waals surface area contributed by atoms with Crippen molar-refractivity contribution in [3.05, 3.63) is 46.3 Å². The van der Waals surface area contributed by atoms with Crippen LogP contribution in [-0.2, 0) is 4.79 Å². The second kappa shape index (κ2) is 6.64. The smallest absolute Gasteiger partial charge is 0.129 e. The van der Waals surface area contributed by atoms with Gasteiger partial charge < -0.3 is 4.79 Å². The molecule has 4 heteroatoms. The Labute approximate surface area is 94.9 Å². The van der Waals surface area contributed by atoms with Gasteiger partial charge in [0.2, 0.25) is 0 Å². The number of ketones is 1. The van der Waals surface area contributed by atoms with E-state index in [1.807, 2.05) is 30.3 Å². The lowest BCUT2D eigenvalue weighted by Gasteiger charge is -2.10. The minimum atomic E-state index is -0.162. The Morgan fingerprint density at radius 1 is 1.44 bits per heavy atom. The molecule has 0 radical (unpaired) electrons. The standard InChI is InChI=1S/C12H15N3O/c1-10(16)6-5-9-12(14-15-13)11-7-3-2-4-8-11/h2-4,7-8,12H,5-6,9H2,1H3. The molecule has 1 atom stereocenters. The normalized spacial score (nSPS) is 11.6. The van der Waals surface area contributed by atoms with Crippen molar-refractivity contribution in [1.82, 2.24) is 0 Å². The molecule has 0 aliphatic carbocycles. The fraction of sp³-hybridized carbons (Fsp3) is 0.417. The first-order valence-corrected chi connectivity index (χ1v) is 5.32. The van der Waals surface area contributed by atoms with E-state index in [0.717, 1.165) is 12.0 Å². The maximum absolute atomic E-state index is 10.8. The summed E-state index contributed by atoms with van der Waals surface area (Å²) < 4.78 is 0. The van der Waals surface area contributed by atoms with Crippen molar-refractivity contribution < 1.29 is 4.79 Å². The average Bonchev–Trinajstić information content (AvgIpc) is 2.29. The summed E-state index contributed by atoms with van der Waals surface area (Å²) >= 11 is 0. The van der Waals surface area contributed by atoms with E-state index in [1.54, 1.807) is 6.92 Å². The average molecular weight is 217 g/mol. The predicted molar refractivity (Wildman–Crippen MR) is 62.9 cm³/mol. The number of carbonyl (C=O) groups is 1. The molecule has 84 valence electrons. The Kier molecular flexibility index (Phi) is 5.09. The molecule has 0 saturated heterocycles. The van der Waals surface area contributed by atoms with Crippen molar-refractivity contribution in [3.63, 3.8) is 0 Å². The van der Waals surface area contributed by atoms with Crippen molar-refractivity contribution in [3.8, 4) is 0 Å². The van der Waals surface area contributed by atoms with E-state index in [-0.39, 0.29) is 11.8 Å². The Morgan fingerprint density at radius 2 is 2.12 bits per heavy atom. The van der Waals surface area contributed by atoms with Crippen molar-refractivity contribution >= 4 is 5.78 Å². The number of nitrogens with zero attached hydrogens (tertiary/aromatic N) is 3. The number of Topliss-reactive ketones (excluding diaryl/α,β-unsaturated/α-hetero) is 1. The highest BCUT2D eigenvalue weighted by Gasteiger charge is 2.08. The summed E-state index contributed by atoms with van der Waals surface area (Å²) in [6.45, 7) is 1.57. The molecule has 4 nitrogen and oxygen atoms in total. The van der Waals surface area contributed by atoms with E-state index >= 15 is 0 Å². The van der Waals surface area contributed by atoms with E-state index in [0.29, 0.717) is 12.8 Å². The minimum absolute atomic E-state index is 0.162. The highest BCUT2D eigenvalue weighted by Crippen LogP contribution is 2.23. The van der Waals surface area contributed by atoms with Crippen LogP contribution in [0.25, 0.3) is 10.4 Å². The molecule has 1 aromatic carbocycles. The molecule has 0 heterocycles. The maximum atomic E-state index is 10.8. The van der Waals surface area contributed by atoms with Gasteiger partial charge in [-0.1, -0.05) is 35.4 Å². The number of azide groups is 1. The fourth-order valence-corrected chi connectivity index (χ4v) is 1.57. The molecule has 0 aliphatic heterocycles. The van der Waals surface area contributed by atoms with E-state index < -0.39 is 0 Å². The lowest BCUT2D eigenvalue weighted by atomic mass is 10.0. The lowest BCUT2D eigenvalue weighted by Crippen LogP contribution is -1.97. The zero-order valence-corrected chi connectivity index (χ0v) is 9.34. The third kappa shape index (κ3) is 4.15. The summed E-state index contributed by atoms with van der Waals surface area (Å²) in [6.07, 6.45) is 2.02. The van der Waals surface area contributed by atoms with Gasteiger partial charge in [-0.05, 0) is 30.9 Å². The van der Waals surface area contributed by atoms with E-state index in [2.05, 4.69) is 10.0 Å². The van der Waals surface area contributed by atoms with Gasteiger partial charge in [-0.25, -0.2) is 0 Å². The topological polar surface area (TPSA) is 65.8 Å². The Morgan fingerprint density at radius 3 is 2.69 bits per heavy atom. The highest BCUT2D eigenvalue weighted by atomic mass is 16.1. The summed E-state index contributed by atoms with van der Waals surface area (Å²) in [5.41, 5.74) is 9.50. The van der Waals surface area contributed by atoms with Crippen LogP contribution in [0.1, 0.15) is 37.8 Å². The van der Waals surface area contributed by atoms with Gasteiger partial charge in [0.25, 0.3) is 0 Å². The van der Waals surface area contributed by atoms with Crippen LogP contribution in [-0.4, -0.2) is 5.78 Å². The third-order valence-electron chi connectivity index (χ3n) is 2.38. The fourth-order valence-electron chi connectivity index (χ4n) is 1.57. The van der Waals surface area contributed by atoms with Crippen LogP contribution in [0, 0.1) is 0 Å². The van der Waals surface area contributed by atoms with Crippen LogP contribution in [0.3, 0.4) is 0 Å². The number of rotatable bonds is 6. The van der Waals surface area contributed by atoms with Crippen molar-refractivity contribution in [2.75, 3.05) is 0 Å². The monoisotopic (exact) mass is 217 g/mol. The van der Waals surface area contributed by atoms with Crippen LogP contribution in [0.5, 0.6) is 0 Å². The minimum Gasteiger partial charge on any atom is -0.300 e. The first kappa shape index (κ1) is 12.3. The molecule has 16 heavy (non-hydrogen) atoms. The Balaban J connectivity index is 2.62. The summed E-state index contributed by atoms with van der Waals surface area (Å²) in [6, 6.07) is 9.47. The van der Waals surface area contributed by atoms with Gasteiger partial charge in [0, 0.05) is 11.3 Å². The summed E-state index contributed by atoms with van der Waals surface area (Å²) in [5, 5.41) is 3.76. The molecule has 0 amide bonds. The van der Waals surface area contributed by atoms with Crippen LogP contribution in [0.15, 0.2) is 35.4 Å². The largest absolute Gasteiger partial charge is 0.300 e. The zero-order valence-electron chi connectivity index (χ0n) is 9.34. The number of carbonyl (C=O) groups excluding carboxylic acids is 1. The molecule has 0 fully saturated rings. The third-order valence-corrected chi connectivity index (χ3v) is 2.38. The summed E-state index contributed by atoms with van der Waals surface area (Å²) in [7, 11) is 0. The van der Waals surface area contributed by atoms with Crippen LogP contribution in [0.4, 0.5) is 0 Å². The van der Waals surface area contributed by atoms with E-state index in [4.69, 9.17) is 5.53 Å². The van der Waals surface area contributed by atoms with Gasteiger partial charge in [-0.3, -0.25) is 0 Å². The predicted octanol–water partition coefficient (Wildman–Crippen LogP) is 3.80. The molecule has 1 unspecified atom stereocenters. The first-order valence-electron chi connectivity index (χ1n) is 5.32. The quantitative estimate of drug-likeness (QED) is 0.406. The second-order valence-corrected chi connectivity index (χ2v) is 3.73. The maximum Gasteiger partial charge on any atom is 0.129 e. The van der Waals surface area contributed by atoms with Gasteiger partial charge in [0.05, 0.1) is 6.04 Å². The molecule has 0 saturated carbocycles. The SMILES string of the molecule is CC(=O)CCCC(N=[N+]=[N-])c1ccccc1. The first-order chi connectivity index (χ1) is 7.74. The molecule has 0 N–H and O–H groups in total. The zero-order chi connectivity index (χ0) is 11.8. The molecule has 1 rings (SSSR count). The molecule has 0 bridgehead atoms. The molecular formula is C12H15N3O. The van der Waals surface area contributed by atoms with Gasteiger partial charge >= 0.3 is 0 Å². The molecular weight excluding hydrogens is 202 g/mol. The number of hydrogen-bond donors (Lipinski definition) is 0. The van der Waals surface area contributed by atoms with Gasteiger partial charge in [-0.2, -0.15) is 0 Å². The Hall–Kier alpha value is -1.80. The van der Waals surface area contributed by atoms with Crippen molar-refractivity contribution in [1.29, 1.82) is 0 Å².